The van der Waals surface area contributed by atoms with Gasteiger partial charge in [-0.2, -0.15) is 0 Å². The number of benzene rings is 3. The van der Waals surface area contributed by atoms with Crippen molar-refractivity contribution in [3.05, 3.63) is 101 Å². The molecule has 1 unspecified atom stereocenters. The number of ether oxygens (including phenoxy) is 1. The molecule has 0 aliphatic carbocycles. The maximum Gasteiger partial charge on any atom is 0.221 e. The summed E-state index contributed by atoms with van der Waals surface area (Å²) >= 11 is 0. The number of aryl methyl sites for hydroxylation is 3. The van der Waals surface area contributed by atoms with Gasteiger partial charge in [0.2, 0.25) is 5.91 Å². The van der Waals surface area contributed by atoms with Gasteiger partial charge in [-0.25, -0.2) is 0 Å². The molecule has 28 heavy (non-hydrogen) atoms. The van der Waals surface area contributed by atoms with E-state index in [0.717, 1.165) is 28.0 Å². The lowest BCUT2D eigenvalue weighted by Crippen LogP contribution is -2.30. The van der Waals surface area contributed by atoms with Crippen LogP contribution in [0.1, 0.15) is 40.3 Å². The highest BCUT2D eigenvalue weighted by Crippen LogP contribution is 2.25. The third-order valence-electron chi connectivity index (χ3n) is 5.04. The molecule has 3 rings (SSSR count). The molecule has 0 fully saturated rings. The molecule has 3 aromatic rings. The van der Waals surface area contributed by atoms with Crippen molar-refractivity contribution in [3.63, 3.8) is 0 Å². The van der Waals surface area contributed by atoms with Gasteiger partial charge in [0, 0.05) is 6.42 Å². The zero-order valence-corrected chi connectivity index (χ0v) is 16.7. The van der Waals surface area contributed by atoms with Crippen LogP contribution < -0.4 is 10.1 Å². The normalized spacial score (nSPS) is 11.7. The minimum atomic E-state index is -0.146. The van der Waals surface area contributed by atoms with E-state index in [1.54, 1.807) is 7.11 Å². The number of hydrogen-bond acceptors (Lipinski definition) is 2. The number of carbonyl (C=O) groups excluding carboxylic acids is 1. The van der Waals surface area contributed by atoms with Gasteiger partial charge < -0.3 is 10.1 Å². The van der Waals surface area contributed by atoms with Crippen molar-refractivity contribution in [2.75, 3.05) is 7.11 Å². The molecular formula is C25H27NO2. The SMILES string of the molecule is COc1ccc(CCC(=O)NC(c2ccccc2)c2ccccc2C)cc1C. The fraction of sp³-hybridized carbons (Fsp3) is 0.240. The van der Waals surface area contributed by atoms with Crippen LogP contribution in [0.4, 0.5) is 0 Å². The molecule has 3 heteroatoms. The first kappa shape index (κ1) is 19.7. The van der Waals surface area contributed by atoms with E-state index >= 15 is 0 Å². The molecular weight excluding hydrogens is 346 g/mol. The Kier molecular flexibility index (Phi) is 6.49. The summed E-state index contributed by atoms with van der Waals surface area (Å²) in [5.74, 6) is 0.919. The third kappa shape index (κ3) is 4.80. The van der Waals surface area contributed by atoms with Gasteiger partial charge in [-0.15, -0.1) is 0 Å². The molecule has 0 heterocycles. The lowest BCUT2D eigenvalue weighted by molar-refractivity contribution is -0.121. The lowest BCUT2D eigenvalue weighted by atomic mass is 9.94. The maximum atomic E-state index is 12.8. The number of methoxy groups -OCH3 is 1. The smallest absolute Gasteiger partial charge is 0.221 e. The van der Waals surface area contributed by atoms with E-state index in [9.17, 15) is 4.79 Å². The van der Waals surface area contributed by atoms with E-state index in [2.05, 4.69) is 42.6 Å². The van der Waals surface area contributed by atoms with Gasteiger partial charge >= 0.3 is 0 Å². The number of hydrogen-bond donors (Lipinski definition) is 1. The first-order valence-electron chi connectivity index (χ1n) is 9.62. The Morgan fingerprint density at radius 3 is 2.32 bits per heavy atom. The molecule has 0 spiro atoms. The van der Waals surface area contributed by atoms with E-state index in [1.165, 1.54) is 5.56 Å². The quantitative estimate of drug-likeness (QED) is 0.622. The second kappa shape index (κ2) is 9.23. The van der Waals surface area contributed by atoms with Crippen molar-refractivity contribution in [1.82, 2.24) is 5.32 Å². The summed E-state index contributed by atoms with van der Waals surface area (Å²) in [5, 5.41) is 3.23. The average molecular weight is 373 g/mol. The Hall–Kier alpha value is -3.07. The van der Waals surface area contributed by atoms with Crippen molar-refractivity contribution in [2.24, 2.45) is 0 Å². The minimum Gasteiger partial charge on any atom is -0.496 e. The van der Waals surface area contributed by atoms with E-state index in [-0.39, 0.29) is 11.9 Å². The number of carbonyl (C=O) groups is 1. The van der Waals surface area contributed by atoms with Crippen LogP contribution in [-0.2, 0) is 11.2 Å². The highest BCUT2D eigenvalue weighted by Gasteiger charge is 2.18. The van der Waals surface area contributed by atoms with Crippen LogP contribution in [-0.4, -0.2) is 13.0 Å². The second-order valence-electron chi connectivity index (χ2n) is 7.07. The molecule has 0 radical (unpaired) electrons. The summed E-state index contributed by atoms with van der Waals surface area (Å²) in [6.45, 7) is 4.10. The topological polar surface area (TPSA) is 38.3 Å². The van der Waals surface area contributed by atoms with E-state index in [0.29, 0.717) is 12.8 Å². The summed E-state index contributed by atoms with van der Waals surface area (Å²) in [4.78, 5) is 12.8. The van der Waals surface area contributed by atoms with E-state index < -0.39 is 0 Å². The van der Waals surface area contributed by atoms with Crippen molar-refractivity contribution in [3.8, 4) is 5.75 Å². The van der Waals surface area contributed by atoms with Gasteiger partial charge in [0.05, 0.1) is 13.2 Å². The molecule has 3 aromatic carbocycles. The van der Waals surface area contributed by atoms with Crippen LogP contribution in [0.2, 0.25) is 0 Å². The van der Waals surface area contributed by atoms with Gasteiger partial charge in [0.1, 0.15) is 5.75 Å². The number of rotatable bonds is 7. The predicted octanol–water partition coefficient (Wildman–Crippen LogP) is 5.15. The van der Waals surface area contributed by atoms with Crippen molar-refractivity contribution >= 4 is 5.91 Å². The Morgan fingerprint density at radius 2 is 1.64 bits per heavy atom. The lowest BCUT2D eigenvalue weighted by Gasteiger charge is -2.22. The van der Waals surface area contributed by atoms with Crippen molar-refractivity contribution in [1.29, 1.82) is 0 Å². The zero-order valence-electron chi connectivity index (χ0n) is 16.7. The average Bonchev–Trinajstić information content (AvgIpc) is 2.72. The molecule has 144 valence electrons. The summed E-state index contributed by atoms with van der Waals surface area (Å²) in [7, 11) is 1.67. The Labute approximate surface area is 167 Å². The predicted molar refractivity (Wildman–Crippen MR) is 114 cm³/mol. The molecule has 3 nitrogen and oxygen atoms in total. The van der Waals surface area contributed by atoms with E-state index in [1.807, 2.05) is 49.4 Å². The van der Waals surface area contributed by atoms with Gasteiger partial charge in [-0.05, 0) is 54.2 Å². The largest absolute Gasteiger partial charge is 0.496 e. The second-order valence-corrected chi connectivity index (χ2v) is 7.07. The van der Waals surface area contributed by atoms with Crippen LogP contribution in [0.15, 0.2) is 72.8 Å². The summed E-state index contributed by atoms with van der Waals surface area (Å²) in [6.07, 6.45) is 1.15. The maximum absolute atomic E-state index is 12.8. The highest BCUT2D eigenvalue weighted by molar-refractivity contribution is 5.77. The first-order valence-corrected chi connectivity index (χ1v) is 9.62. The molecule has 0 saturated carbocycles. The van der Waals surface area contributed by atoms with Gasteiger partial charge in [0.15, 0.2) is 0 Å². The summed E-state index contributed by atoms with van der Waals surface area (Å²) in [5.41, 5.74) is 5.61. The van der Waals surface area contributed by atoms with Gasteiger partial charge in [0.25, 0.3) is 0 Å². The molecule has 0 aliphatic rings. The Morgan fingerprint density at radius 1 is 0.929 bits per heavy atom. The molecule has 1 N–H and O–H groups in total. The summed E-state index contributed by atoms with van der Waals surface area (Å²) in [6, 6.07) is 24.3. The monoisotopic (exact) mass is 373 g/mol. The Bertz CT molecular complexity index is 934. The fourth-order valence-electron chi connectivity index (χ4n) is 3.48. The number of nitrogens with one attached hydrogen (secondary N) is 1. The molecule has 1 amide bonds. The Balaban J connectivity index is 1.73. The van der Waals surface area contributed by atoms with Crippen molar-refractivity contribution in [2.45, 2.75) is 32.7 Å². The van der Waals surface area contributed by atoms with Gasteiger partial charge in [-0.3, -0.25) is 4.79 Å². The highest BCUT2D eigenvalue weighted by atomic mass is 16.5. The minimum absolute atomic E-state index is 0.0468. The molecule has 1 atom stereocenters. The first-order chi connectivity index (χ1) is 13.6. The standard InChI is InChI=1S/C25H27NO2/c1-18-9-7-8-12-22(18)25(21-10-5-4-6-11-21)26-24(27)16-14-20-13-15-23(28-3)19(2)17-20/h4-13,15,17,25H,14,16H2,1-3H3,(H,26,27). The van der Waals surface area contributed by atoms with Crippen LogP contribution >= 0.6 is 0 Å². The van der Waals surface area contributed by atoms with Crippen LogP contribution in [0.3, 0.4) is 0 Å². The zero-order chi connectivity index (χ0) is 19.9. The number of amides is 1. The van der Waals surface area contributed by atoms with Crippen molar-refractivity contribution < 1.29 is 9.53 Å². The third-order valence-corrected chi connectivity index (χ3v) is 5.04. The molecule has 0 bridgehead atoms. The summed E-state index contributed by atoms with van der Waals surface area (Å²) < 4.78 is 5.31. The van der Waals surface area contributed by atoms with Gasteiger partial charge in [-0.1, -0.05) is 66.7 Å². The molecule has 0 aliphatic heterocycles. The van der Waals surface area contributed by atoms with Crippen LogP contribution in [0, 0.1) is 13.8 Å². The fourth-order valence-corrected chi connectivity index (χ4v) is 3.48. The molecule has 0 saturated heterocycles. The van der Waals surface area contributed by atoms with Crippen LogP contribution in [0.25, 0.3) is 0 Å². The van der Waals surface area contributed by atoms with E-state index in [4.69, 9.17) is 4.74 Å². The molecule has 0 aromatic heterocycles. The van der Waals surface area contributed by atoms with Crippen LogP contribution in [0.5, 0.6) is 5.75 Å².